The van der Waals surface area contributed by atoms with Crippen molar-refractivity contribution in [3.63, 3.8) is 0 Å². The zero-order valence-corrected chi connectivity index (χ0v) is 13.9. The van der Waals surface area contributed by atoms with Crippen molar-refractivity contribution in [3.8, 4) is 0 Å². The molecule has 1 saturated heterocycles. The van der Waals surface area contributed by atoms with E-state index in [1.54, 1.807) is 17.9 Å². The summed E-state index contributed by atoms with van der Waals surface area (Å²) in [5.41, 5.74) is 2.85. The van der Waals surface area contributed by atoms with Crippen LogP contribution >= 0.6 is 0 Å². The number of nitrogens with zero attached hydrogens (tertiary/aromatic N) is 5. The maximum Gasteiger partial charge on any atom is 0.225 e. The first-order chi connectivity index (χ1) is 11.0. The molecule has 1 N–H and O–H groups in total. The Morgan fingerprint density at radius 3 is 2.74 bits per heavy atom. The van der Waals surface area contributed by atoms with Gasteiger partial charge in [0.25, 0.3) is 0 Å². The molecular formula is C16H22N6O. The van der Waals surface area contributed by atoms with Crippen molar-refractivity contribution in [1.82, 2.24) is 25.1 Å². The van der Waals surface area contributed by atoms with Crippen molar-refractivity contribution in [2.45, 2.75) is 19.8 Å². The number of hydrogen-bond acceptors (Lipinski definition) is 5. The number of carbonyl (C=O) groups is 1. The van der Waals surface area contributed by atoms with Gasteiger partial charge < -0.3 is 10.2 Å². The van der Waals surface area contributed by atoms with Gasteiger partial charge in [0.05, 0.1) is 23.5 Å². The highest BCUT2D eigenvalue weighted by Crippen LogP contribution is 2.35. The lowest BCUT2D eigenvalue weighted by Crippen LogP contribution is -2.32. The predicted molar refractivity (Wildman–Crippen MR) is 87.2 cm³/mol. The molecule has 1 amide bonds. The molecule has 2 atom stereocenters. The van der Waals surface area contributed by atoms with E-state index in [0.717, 1.165) is 29.3 Å². The molecule has 0 radical (unpaired) electrons. The third-order valence-electron chi connectivity index (χ3n) is 4.41. The Hall–Kier alpha value is -2.44. The molecule has 0 aliphatic carbocycles. The minimum Gasteiger partial charge on any atom is -0.359 e. The first kappa shape index (κ1) is 15.5. The van der Waals surface area contributed by atoms with Crippen LogP contribution < -0.4 is 10.2 Å². The second-order valence-electron chi connectivity index (χ2n) is 6.10. The molecule has 0 bridgehead atoms. The van der Waals surface area contributed by atoms with Gasteiger partial charge in [-0.1, -0.05) is 0 Å². The van der Waals surface area contributed by atoms with Crippen LogP contribution in [0.2, 0.25) is 0 Å². The summed E-state index contributed by atoms with van der Waals surface area (Å²) in [6.07, 6.45) is 5.60. The first-order valence-corrected chi connectivity index (χ1v) is 7.75. The molecule has 1 aliphatic heterocycles. The fourth-order valence-corrected chi connectivity index (χ4v) is 3.22. The molecule has 0 saturated carbocycles. The summed E-state index contributed by atoms with van der Waals surface area (Å²) in [5, 5.41) is 7.03. The Kier molecular flexibility index (Phi) is 4.02. The second kappa shape index (κ2) is 5.98. The Bertz CT molecular complexity index is 725. The van der Waals surface area contributed by atoms with E-state index in [0.29, 0.717) is 6.54 Å². The number of aryl methyl sites for hydroxylation is 3. The Balaban J connectivity index is 1.94. The molecule has 7 heteroatoms. The summed E-state index contributed by atoms with van der Waals surface area (Å²) < 4.78 is 1.77. The number of aromatic nitrogens is 4. The number of amides is 1. The number of hydrogen-bond donors (Lipinski definition) is 1. The summed E-state index contributed by atoms with van der Waals surface area (Å²) in [6.45, 7) is 5.26. The predicted octanol–water partition coefficient (Wildman–Crippen LogP) is 0.793. The van der Waals surface area contributed by atoms with Gasteiger partial charge in [0, 0.05) is 45.5 Å². The molecule has 0 spiro atoms. The van der Waals surface area contributed by atoms with Crippen LogP contribution in [-0.4, -0.2) is 45.8 Å². The third kappa shape index (κ3) is 2.91. The molecule has 0 aromatic carbocycles. The van der Waals surface area contributed by atoms with Crippen molar-refractivity contribution in [2.75, 3.05) is 25.0 Å². The van der Waals surface area contributed by atoms with Gasteiger partial charge in [-0.25, -0.2) is 4.98 Å². The van der Waals surface area contributed by atoms with Crippen molar-refractivity contribution < 1.29 is 4.79 Å². The lowest BCUT2D eigenvalue weighted by molar-refractivity contribution is -0.124. The summed E-state index contributed by atoms with van der Waals surface area (Å²) in [4.78, 5) is 23.5. The third-order valence-corrected chi connectivity index (χ3v) is 4.41. The molecule has 3 rings (SSSR count). The summed E-state index contributed by atoms with van der Waals surface area (Å²) >= 11 is 0. The van der Waals surface area contributed by atoms with E-state index in [9.17, 15) is 4.79 Å². The van der Waals surface area contributed by atoms with Crippen molar-refractivity contribution in [1.29, 1.82) is 0 Å². The summed E-state index contributed by atoms with van der Waals surface area (Å²) in [7, 11) is 3.57. The second-order valence-corrected chi connectivity index (χ2v) is 6.10. The van der Waals surface area contributed by atoms with Gasteiger partial charge in [-0.05, 0) is 19.4 Å². The van der Waals surface area contributed by atoms with Gasteiger partial charge in [-0.2, -0.15) is 5.10 Å². The normalized spacial score (nSPS) is 20.8. The minimum atomic E-state index is -0.120. The summed E-state index contributed by atoms with van der Waals surface area (Å²) in [6, 6.07) is 0. The molecule has 122 valence electrons. The van der Waals surface area contributed by atoms with E-state index in [-0.39, 0.29) is 17.7 Å². The molecule has 2 aromatic heterocycles. The van der Waals surface area contributed by atoms with Crippen LogP contribution in [0.15, 0.2) is 18.6 Å². The quantitative estimate of drug-likeness (QED) is 0.906. The largest absolute Gasteiger partial charge is 0.359 e. The zero-order valence-electron chi connectivity index (χ0n) is 13.9. The Morgan fingerprint density at radius 1 is 1.30 bits per heavy atom. The van der Waals surface area contributed by atoms with E-state index in [1.165, 1.54) is 0 Å². The van der Waals surface area contributed by atoms with E-state index in [1.807, 2.05) is 33.3 Å². The Morgan fingerprint density at radius 2 is 2.09 bits per heavy atom. The maximum absolute atomic E-state index is 12.3. The minimum absolute atomic E-state index is 0.0552. The van der Waals surface area contributed by atoms with Gasteiger partial charge in [0.2, 0.25) is 5.91 Å². The van der Waals surface area contributed by atoms with Gasteiger partial charge in [0.1, 0.15) is 5.82 Å². The van der Waals surface area contributed by atoms with Crippen LogP contribution in [0.5, 0.6) is 0 Å². The van der Waals surface area contributed by atoms with Crippen LogP contribution in [0.25, 0.3) is 0 Å². The lowest BCUT2D eigenvalue weighted by Gasteiger charge is -2.19. The highest BCUT2D eigenvalue weighted by molar-refractivity contribution is 5.81. The van der Waals surface area contributed by atoms with Crippen LogP contribution in [0, 0.1) is 19.8 Å². The fourth-order valence-electron chi connectivity index (χ4n) is 3.22. The van der Waals surface area contributed by atoms with Gasteiger partial charge in [-0.3, -0.25) is 14.5 Å². The molecule has 0 unspecified atom stereocenters. The van der Waals surface area contributed by atoms with E-state index in [2.05, 4.69) is 25.3 Å². The topological polar surface area (TPSA) is 75.9 Å². The average molecular weight is 314 g/mol. The molecule has 7 nitrogen and oxygen atoms in total. The Labute approximate surface area is 135 Å². The highest BCUT2D eigenvalue weighted by Gasteiger charge is 2.39. The summed E-state index contributed by atoms with van der Waals surface area (Å²) in [5.74, 6) is 0.904. The standard InChI is InChI=1S/C16H22N6O/c1-10-5-18-11(2)15(20-10)22-8-13(12-6-19-21(4)7-12)14(9-22)16(23)17-3/h5-7,13-14H,8-9H2,1-4H3,(H,17,23)/t13-,14+/m1/s1. The van der Waals surface area contributed by atoms with Crippen LogP contribution in [0.4, 0.5) is 5.82 Å². The highest BCUT2D eigenvalue weighted by atomic mass is 16.1. The molecule has 1 fully saturated rings. The van der Waals surface area contributed by atoms with Crippen LogP contribution in [0.1, 0.15) is 22.9 Å². The molecule has 2 aromatic rings. The molecule has 1 aliphatic rings. The number of carbonyl (C=O) groups excluding carboxylic acids is 1. The SMILES string of the molecule is CNC(=O)[C@H]1CN(c2nc(C)cnc2C)C[C@@H]1c1cnn(C)c1. The first-order valence-electron chi connectivity index (χ1n) is 7.75. The van der Waals surface area contributed by atoms with E-state index >= 15 is 0 Å². The molecule has 3 heterocycles. The van der Waals surface area contributed by atoms with Crippen molar-refractivity contribution >= 4 is 11.7 Å². The monoisotopic (exact) mass is 314 g/mol. The lowest BCUT2D eigenvalue weighted by atomic mass is 9.90. The van der Waals surface area contributed by atoms with Crippen LogP contribution in [0.3, 0.4) is 0 Å². The average Bonchev–Trinajstić information content (AvgIpc) is 3.15. The van der Waals surface area contributed by atoms with Crippen molar-refractivity contribution in [2.24, 2.45) is 13.0 Å². The van der Waals surface area contributed by atoms with Crippen molar-refractivity contribution in [3.05, 3.63) is 35.5 Å². The zero-order chi connectivity index (χ0) is 16.6. The fraction of sp³-hybridized carbons (Fsp3) is 0.500. The number of anilines is 1. The van der Waals surface area contributed by atoms with Gasteiger partial charge >= 0.3 is 0 Å². The van der Waals surface area contributed by atoms with E-state index < -0.39 is 0 Å². The number of nitrogens with one attached hydrogen (secondary N) is 1. The van der Waals surface area contributed by atoms with Gasteiger partial charge in [-0.15, -0.1) is 0 Å². The van der Waals surface area contributed by atoms with Crippen LogP contribution in [-0.2, 0) is 11.8 Å². The van der Waals surface area contributed by atoms with Gasteiger partial charge in [0.15, 0.2) is 0 Å². The number of rotatable bonds is 3. The van der Waals surface area contributed by atoms with E-state index in [4.69, 9.17) is 0 Å². The molecular weight excluding hydrogens is 292 g/mol. The maximum atomic E-state index is 12.3. The molecule has 23 heavy (non-hydrogen) atoms. The smallest absolute Gasteiger partial charge is 0.225 e.